The highest BCUT2D eigenvalue weighted by Gasteiger charge is 2.13. The van der Waals surface area contributed by atoms with E-state index >= 15 is 0 Å². The number of esters is 1. The molecule has 0 bridgehead atoms. The molecule has 0 fully saturated rings. The summed E-state index contributed by atoms with van der Waals surface area (Å²) in [5, 5.41) is 2.66. The molecular formula is C21H24N2O4. The zero-order valence-corrected chi connectivity index (χ0v) is 15.5. The summed E-state index contributed by atoms with van der Waals surface area (Å²) in [7, 11) is 0. The fourth-order valence-corrected chi connectivity index (χ4v) is 3.38. The standard InChI is InChI=1S/C21H24N2O4/c1-2-27-20(25)14-23-11-5-8-18(21(23)26)22-19(24)13-15-9-10-16-6-3-4-7-17(16)12-15/h5,8-12H,2-4,6-7,13-14H2,1H3,(H,22,24). The van der Waals surface area contributed by atoms with Crippen molar-refractivity contribution in [1.29, 1.82) is 0 Å². The van der Waals surface area contributed by atoms with Gasteiger partial charge in [0.25, 0.3) is 5.56 Å². The van der Waals surface area contributed by atoms with Crippen molar-refractivity contribution in [2.75, 3.05) is 11.9 Å². The second kappa shape index (κ2) is 8.66. The van der Waals surface area contributed by atoms with Crippen LogP contribution in [0.4, 0.5) is 5.69 Å². The topological polar surface area (TPSA) is 77.4 Å². The van der Waals surface area contributed by atoms with Crippen molar-refractivity contribution in [3.05, 3.63) is 63.6 Å². The minimum absolute atomic E-state index is 0.157. The van der Waals surface area contributed by atoms with Gasteiger partial charge in [-0.25, -0.2) is 0 Å². The maximum atomic E-state index is 12.4. The van der Waals surface area contributed by atoms with Crippen LogP contribution < -0.4 is 10.9 Å². The van der Waals surface area contributed by atoms with E-state index in [1.165, 1.54) is 40.8 Å². The van der Waals surface area contributed by atoms with Crippen LogP contribution in [0.15, 0.2) is 41.3 Å². The number of rotatable bonds is 6. The summed E-state index contributed by atoms with van der Waals surface area (Å²) in [6.07, 6.45) is 6.28. The number of fused-ring (bicyclic) bond motifs is 1. The number of hydrogen-bond acceptors (Lipinski definition) is 4. The number of benzene rings is 1. The van der Waals surface area contributed by atoms with Crippen molar-refractivity contribution >= 4 is 17.6 Å². The summed E-state index contributed by atoms with van der Waals surface area (Å²) >= 11 is 0. The van der Waals surface area contributed by atoms with Gasteiger partial charge in [-0.15, -0.1) is 0 Å². The third-order valence-electron chi connectivity index (χ3n) is 4.68. The van der Waals surface area contributed by atoms with Crippen LogP contribution in [0.2, 0.25) is 0 Å². The van der Waals surface area contributed by atoms with Gasteiger partial charge in [0, 0.05) is 6.20 Å². The Morgan fingerprint density at radius 3 is 2.70 bits per heavy atom. The van der Waals surface area contributed by atoms with E-state index < -0.39 is 11.5 Å². The van der Waals surface area contributed by atoms with Crippen LogP contribution in [0.3, 0.4) is 0 Å². The van der Waals surface area contributed by atoms with E-state index in [-0.39, 0.29) is 31.2 Å². The Morgan fingerprint density at radius 2 is 1.93 bits per heavy atom. The minimum atomic E-state index is -0.489. The molecule has 6 nitrogen and oxygen atoms in total. The molecule has 1 aromatic heterocycles. The van der Waals surface area contributed by atoms with Gasteiger partial charge in [0.05, 0.1) is 13.0 Å². The zero-order valence-electron chi connectivity index (χ0n) is 15.5. The Balaban J connectivity index is 1.67. The molecule has 0 aliphatic heterocycles. The molecule has 1 N–H and O–H groups in total. The van der Waals surface area contributed by atoms with Gasteiger partial charge >= 0.3 is 5.97 Å². The molecule has 0 spiro atoms. The molecule has 1 aliphatic carbocycles. The number of hydrogen-bond donors (Lipinski definition) is 1. The van der Waals surface area contributed by atoms with Crippen molar-refractivity contribution in [2.24, 2.45) is 0 Å². The summed E-state index contributed by atoms with van der Waals surface area (Å²) in [4.78, 5) is 36.4. The number of pyridine rings is 1. The van der Waals surface area contributed by atoms with Crippen LogP contribution >= 0.6 is 0 Å². The van der Waals surface area contributed by atoms with Crippen LogP contribution in [0.1, 0.15) is 36.5 Å². The Labute approximate surface area is 158 Å². The molecule has 0 atom stereocenters. The highest BCUT2D eigenvalue weighted by Crippen LogP contribution is 2.22. The molecule has 1 amide bonds. The van der Waals surface area contributed by atoms with E-state index in [4.69, 9.17) is 4.74 Å². The summed E-state index contributed by atoms with van der Waals surface area (Å²) in [5.41, 5.74) is 3.36. The lowest BCUT2D eigenvalue weighted by Gasteiger charge is -2.16. The lowest BCUT2D eigenvalue weighted by atomic mass is 9.90. The number of carbonyl (C=O) groups excluding carboxylic acids is 2. The SMILES string of the molecule is CCOC(=O)Cn1cccc(NC(=O)Cc2ccc3c(c2)CCCC3)c1=O. The maximum Gasteiger partial charge on any atom is 0.326 e. The van der Waals surface area contributed by atoms with Gasteiger partial charge in [-0.05, 0) is 61.4 Å². The monoisotopic (exact) mass is 368 g/mol. The van der Waals surface area contributed by atoms with Crippen molar-refractivity contribution < 1.29 is 14.3 Å². The summed E-state index contributed by atoms with van der Waals surface area (Å²) in [5.74, 6) is -0.742. The van der Waals surface area contributed by atoms with Crippen LogP contribution in [-0.4, -0.2) is 23.1 Å². The third kappa shape index (κ3) is 4.84. The Morgan fingerprint density at radius 1 is 1.15 bits per heavy atom. The number of anilines is 1. The van der Waals surface area contributed by atoms with Gasteiger partial charge in [0.1, 0.15) is 12.2 Å². The van der Waals surface area contributed by atoms with E-state index in [1.54, 1.807) is 13.0 Å². The lowest BCUT2D eigenvalue weighted by molar-refractivity contribution is -0.143. The van der Waals surface area contributed by atoms with Gasteiger partial charge in [-0.3, -0.25) is 14.4 Å². The predicted octanol–water partition coefficient (Wildman–Crippen LogP) is 2.47. The molecule has 0 unspecified atom stereocenters. The number of nitrogens with one attached hydrogen (secondary N) is 1. The largest absolute Gasteiger partial charge is 0.465 e. The summed E-state index contributed by atoms with van der Waals surface area (Å²) in [6.45, 7) is 1.78. The van der Waals surface area contributed by atoms with E-state index in [0.29, 0.717) is 0 Å². The van der Waals surface area contributed by atoms with Crippen molar-refractivity contribution in [2.45, 2.75) is 45.6 Å². The second-order valence-electron chi connectivity index (χ2n) is 6.70. The number of aryl methyl sites for hydroxylation is 2. The van der Waals surface area contributed by atoms with E-state index in [2.05, 4.69) is 17.4 Å². The Bertz CT molecular complexity index is 901. The number of aromatic nitrogens is 1. The van der Waals surface area contributed by atoms with E-state index in [0.717, 1.165) is 18.4 Å². The van der Waals surface area contributed by atoms with Gasteiger partial charge in [0.2, 0.25) is 5.91 Å². The molecule has 0 saturated heterocycles. The maximum absolute atomic E-state index is 12.4. The van der Waals surface area contributed by atoms with Crippen molar-refractivity contribution in [1.82, 2.24) is 4.57 Å². The van der Waals surface area contributed by atoms with Crippen LogP contribution in [0.5, 0.6) is 0 Å². The average molecular weight is 368 g/mol. The molecule has 142 valence electrons. The molecule has 1 aliphatic rings. The van der Waals surface area contributed by atoms with Crippen LogP contribution in [-0.2, 0) is 40.1 Å². The summed E-state index contributed by atoms with van der Waals surface area (Å²) in [6, 6.07) is 9.34. The number of carbonyl (C=O) groups is 2. The molecule has 1 heterocycles. The molecule has 3 rings (SSSR count). The molecule has 27 heavy (non-hydrogen) atoms. The van der Waals surface area contributed by atoms with Gasteiger partial charge in [-0.1, -0.05) is 18.2 Å². The molecule has 1 aromatic carbocycles. The number of ether oxygens (including phenoxy) is 1. The highest BCUT2D eigenvalue weighted by atomic mass is 16.5. The molecule has 6 heteroatoms. The molecular weight excluding hydrogens is 344 g/mol. The van der Waals surface area contributed by atoms with Crippen LogP contribution in [0.25, 0.3) is 0 Å². The van der Waals surface area contributed by atoms with Crippen molar-refractivity contribution in [3.63, 3.8) is 0 Å². The molecule has 0 radical (unpaired) electrons. The Hall–Kier alpha value is -2.89. The van der Waals surface area contributed by atoms with Gasteiger partial charge < -0.3 is 14.6 Å². The first kappa shape index (κ1) is 18.9. The zero-order chi connectivity index (χ0) is 19.2. The third-order valence-corrected chi connectivity index (χ3v) is 4.68. The fourth-order valence-electron chi connectivity index (χ4n) is 3.38. The van der Waals surface area contributed by atoms with Gasteiger partial charge in [-0.2, -0.15) is 0 Å². The van der Waals surface area contributed by atoms with E-state index in [9.17, 15) is 14.4 Å². The Kier molecular flexibility index (Phi) is 6.06. The normalized spacial score (nSPS) is 12.9. The first-order valence-corrected chi connectivity index (χ1v) is 9.32. The highest BCUT2D eigenvalue weighted by molar-refractivity contribution is 5.92. The predicted molar refractivity (Wildman–Crippen MR) is 103 cm³/mol. The van der Waals surface area contributed by atoms with Gasteiger partial charge in [0.15, 0.2) is 0 Å². The van der Waals surface area contributed by atoms with E-state index in [1.807, 2.05) is 6.07 Å². The fraction of sp³-hybridized carbons (Fsp3) is 0.381. The smallest absolute Gasteiger partial charge is 0.326 e. The molecule has 0 saturated carbocycles. The first-order chi connectivity index (χ1) is 13.1. The first-order valence-electron chi connectivity index (χ1n) is 9.32. The minimum Gasteiger partial charge on any atom is -0.465 e. The number of amides is 1. The molecule has 2 aromatic rings. The quantitative estimate of drug-likeness (QED) is 0.795. The summed E-state index contributed by atoms with van der Waals surface area (Å²) < 4.78 is 6.09. The lowest BCUT2D eigenvalue weighted by Crippen LogP contribution is -2.29. The van der Waals surface area contributed by atoms with Crippen LogP contribution in [0, 0.1) is 0 Å². The van der Waals surface area contributed by atoms with Crippen molar-refractivity contribution in [3.8, 4) is 0 Å². The second-order valence-corrected chi connectivity index (χ2v) is 6.70. The number of nitrogens with zero attached hydrogens (tertiary/aromatic N) is 1. The average Bonchev–Trinajstić information content (AvgIpc) is 2.65.